The molecule has 1 nitrogen and oxygen atoms in total. The van der Waals surface area contributed by atoms with E-state index in [2.05, 4.69) is 33.2 Å². The van der Waals surface area contributed by atoms with Gasteiger partial charge in [0.25, 0.3) is 0 Å². The minimum atomic E-state index is 0. The summed E-state index contributed by atoms with van der Waals surface area (Å²) in [4.78, 5) is 1.54. The summed E-state index contributed by atoms with van der Waals surface area (Å²) in [5, 5.41) is 0. The third-order valence-corrected chi connectivity index (χ3v) is 2.45. The van der Waals surface area contributed by atoms with Crippen molar-refractivity contribution >= 4 is 0 Å². The van der Waals surface area contributed by atoms with Crippen molar-refractivity contribution in [3.63, 3.8) is 0 Å². The molecule has 0 aliphatic rings. The van der Waals surface area contributed by atoms with Crippen LogP contribution >= 0.6 is 0 Å². The Balaban J connectivity index is 0. The maximum absolute atomic E-state index is 2.36. The molecule has 0 unspecified atom stereocenters. The molecule has 92 valence electrons. The number of hydrogen-bond acceptors (Lipinski definition) is 0. The van der Waals surface area contributed by atoms with Crippen LogP contribution < -0.4 is 17.3 Å². The van der Waals surface area contributed by atoms with Crippen molar-refractivity contribution in [3.05, 3.63) is 12.2 Å². The zero-order valence-corrected chi connectivity index (χ0v) is 11.4. The quantitative estimate of drug-likeness (QED) is 0.403. The predicted octanol–water partition coefficient (Wildman–Crippen LogP) is -0.558. The van der Waals surface area contributed by atoms with E-state index in [0.717, 1.165) is 0 Å². The number of quaternary nitrogens is 1. The maximum Gasteiger partial charge on any atom is 0.0801 e. The van der Waals surface area contributed by atoms with E-state index in [4.69, 9.17) is 0 Å². The lowest BCUT2D eigenvalue weighted by Crippen LogP contribution is -3.05. The monoisotopic (exact) mass is 233 g/mol. The van der Waals surface area contributed by atoms with Gasteiger partial charge in [0.2, 0.25) is 0 Å². The first-order valence-electron chi connectivity index (χ1n) is 6.21. The largest absolute Gasteiger partial charge is 1.00 e. The Kier molecular flexibility index (Phi) is 16.2. The first kappa shape index (κ1) is 17.4. The molecule has 0 saturated heterocycles. The molecule has 0 fully saturated rings. The fourth-order valence-corrected chi connectivity index (χ4v) is 1.47. The smallest absolute Gasteiger partial charge is 0.0801 e. The van der Waals surface area contributed by atoms with Gasteiger partial charge in [0, 0.05) is 6.42 Å². The maximum atomic E-state index is 2.36. The Hall–Kier alpha value is -0.0100. The van der Waals surface area contributed by atoms with Gasteiger partial charge in [0.05, 0.1) is 20.6 Å². The second-order valence-electron chi connectivity index (χ2n) is 4.42. The normalized spacial score (nSPS) is 10.9. The van der Waals surface area contributed by atoms with E-state index in [-0.39, 0.29) is 12.4 Å². The topological polar surface area (TPSA) is 4.44 Å². The number of hydrogen-bond donors (Lipinski definition) is 1. The number of nitrogens with one attached hydrogen (secondary N) is 1. The van der Waals surface area contributed by atoms with Gasteiger partial charge in [0.1, 0.15) is 0 Å². The molecule has 0 atom stereocenters. The number of halogens is 1. The van der Waals surface area contributed by atoms with E-state index < -0.39 is 0 Å². The molecule has 0 amide bonds. The first-order chi connectivity index (χ1) is 6.77. The Morgan fingerprint density at radius 3 is 2.07 bits per heavy atom. The molecule has 0 spiro atoms. The average molecular weight is 234 g/mol. The van der Waals surface area contributed by atoms with E-state index in [9.17, 15) is 0 Å². The van der Waals surface area contributed by atoms with Gasteiger partial charge in [-0.15, -0.1) is 0 Å². The highest BCUT2D eigenvalue weighted by Gasteiger charge is 1.89. The van der Waals surface area contributed by atoms with Crippen LogP contribution in [0.4, 0.5) is 0 Å². The van der Waals surface area contributed by atoms with Gasteiger partial charge in [-0.05, 0) is 12.8 Å². The molecule has 0 aromatic carbocycles. The van der Waals surface area contributed by atoms with Gasteiger partial charge in [-0.2, -0.15) is 0 Å². The van der Waals surface area contributed by atoms with Crippen molar-refractivity contribution in [2.45, 2.75) is 51.9 Å². The molecule has 0 heterocycles. The lowest BCUT2D eigenvalue weighted by atomic mass is 10.1. The van der Waals surface area contributed by atoms with Crippen molar-refractivity contribution < 1.29 is 17.3 Å². The molecule has 1 N–H and O–H groups in total. The fraction of sp³-hybridized carbons (Fsp3) is 0.846. The van der Waals surface area contributed by atoms with Crippen LogP contribution in [0.25, 0.3) is 0 Å². The predicted molar refractivity (Wildman–Crippen MR) is 64.8 cm³/mol. The number of allylic oxidation sites excluding steroid dienone is 1. The van der Waals surface area contributed by atoms with Crippen molar-refractivity contribution in [3.8, 4) is 0 Å². The Morgan fingerprint density at radius 2 is 1.47 bits per heavy atom. The molecular weight excluding hydrogens is 206 g/mol. The van der Waals surface area contributed by atoms with E-state index in [1.165, 1.54) is 56.4 Å². The van der Waals surface area contributed by atoms with Crippen molar-refractivity contribution in [1.82, 2.24) is 0 Å². The lowest BCUT2D eigenvalue weighted by Gasteiger charge is -2.03. The van der Waals surface area contributed by atoms with Crippen LogP contribution in [0.1, 0.15) is 51.9 Å². The second-order valence-corrected chi connectivity index (χ2v) is 4.42. The summed E-state index contributed by atoms with van der Waals surface area (Å²) in [6.45, 7) is 3.52. The number of unbranched alkanes of at least 4 members (excludes halogenated alkanes) is 5. The molecule has 0 aromatic heterocycles. The van der Waals surface area contributed by atoms with E-state index in [1.54, 1.807) is 0 Å². The van der Waals surface area contributed by atoms with E-state index in [0.29, 0.717) is 0 Å². The zero-order valence-electron chi connectivity index (χ0n) is 10.7. The summed E-state index contributed by atoms with van der Waals surface area (Å²) in [6.07, 6.45) is 14.2. The Bertz CT molecular complexity index is 132. The molecule has 0 rings (SSSR count). The first-order valence-corrected chi connectivity index (χ1v) is 6.21. The van der Waals surface area contributed by atoms with Crippen LogP contribution in [-0.2, 0) is 0 Å². The second kappa shape index (κ2) is 14.0. The highest BCUT2D eigenvalue weighted by Crippen LogP contribution is 2.05. The van der Waals surface area contributed by atoms with Crippen LogP contribution in [0, 0.1) is 0 Å². The molecule has 0 aliphatic carbocycles. The van der Waals surface area contributed by atoms with Crippen LogP contribution in [0.3, 0.4) is 0 Å². The summed E-state index contributed by atoms with van der Waals surface area (Å²) in [6, 6.07) is 0. The van der Waals surface area contributed by atoms with Crippen molar-refractivity contribution in [2.24, 2.45) is 0 Å². The summed E-state index contributed by atoms with van der Waals surface area (Å²) in [5.41, 5.74) is 0. The average Bonchev–Trinajstić information content (AvgIpc) is 2.15. The highest BCUT2D eigenvalue weighted by molar-refractivity contribution is 4.80. The summed E-state index contributed by atoms with van der Waals surface area (Å²) in [7, 11) is 4.41. The SMILES string of the molecule is CCCCCCC/C=C/CC[NH+](C)C.[Cl-]. The number of rotatable bonds is 9. The van der Waals surface area contributed by atoms with Gasteiger partial charge in [-0.3, -0.25) is 0 Å². The Labute approximate surface area is 102 Å². The molecule has 0 radical (unpaired) electrons. The minimum Gasteiger partial charge on any atom is -1.00 e. The minimum absolute atomic E-state index is 0. The third kappa shape index (κ3) is 16.7. The molecular formula is C13H28ClN. The van der Waals surface area contributed by atoms with Crippen molar-refractivity contribution in [1.29, 1.82) is 0 Å². The van der Waals surface area contributed by atoms with Gasteiger partial charge in [0.15, 0.2) is 0 Å². The van der Waals surface area contributed by atoms with Gasteiger partial charge < -0.3 is 17.3 Å². The van der Waals surface area contributed by atoms with Crippen LogP contribution in [0.5, 0.6) is 0 Å². The van der Waals surface area contributed by atoms with E-state index in [1.807, 2.05) is 0 Å². The lowest BCUT2D eigenvalue weighted by molar-refractivity contribution is -0.857. The van der Waals surface area contributed by atoms with E-state index >= 15 is 0 Å². The fourth-order valence-electron chi connectivity index (χ4n) is 1.47. The molecule has 15 heavy (non-hydrogen) atoms. The van der Waals surface area contributed by atoms with Gasteiger partial charge in [-0.1, -0.05) is 44.8 Å². The molecule has 2 heteroatoms. The zero-order chi connectivity index (χ0) is 10.6. The van der Waals surface area contributed by atoms with Crippen LogP contribution in [0.2, 0.25) is 0 Å². The standard InChI is InChI=1S/C13H27N.ClH/c1-4-5-6-7-8-9-10-11-12-13-14(2)3;/h10-11H,4-9,12-13H2,1-3H3;1H/b11-10+;. The third-order valence-electron chi connectivity index (χ3n) is 2.45. The molecule has 0 saturated carbocycles. The van der Waals surface area contributed by atoms with Crippen LogP contribution in [-0.4, -0.2) is 20.6 Å². The summed E-state index contributed by atoms with van der Waals surface area (Å²) >= 11 is 0. The van der Waals surface area contributed by atoms with Gasteiger partial charge in [-0.25, -0.2) is 0 Å². The van der Waals surface area contributed by atoms with Crippen molar-refractivity contribution in [2.75, 3.05) is 20.6 Å². The Morgan fingerprint density at radius 1 is 0.867 bits per heavy atom. The van der Waals surface area contributed by atoms with Crippen LogP contribution in [0.15, 0.2) is 12.2 Å². The summed E-state index contributed by atoms with van der Waals surface area (Å²) in [5.74, 6) is 0. The highest BCUT2D eigenvalue weighted by atomic mass is 35.5. The molecule has 0 aliphatic heterocycles. The molecule has 0 aromatic rings. The molecule has 0 bridgehead atoms. The summed E-state index contributed by atoms with van der Waals surface area (Å²) < 4.78 is 0. The van der Waals surface area contributed by atoms with Gasteiger partial charge >= 0.3 is 0 Å².